The van der Waals surface area contributed by atoms with Gasteiger partial charge in [-0.1, -0.05) is 35.9 Å². The van der Waals surface area contributed by atoms with Crippen LogP contribution in [0.2, 0.25) is 0 Å². The van der Waals surface area contributed by atoms with Crippen LogP contribution in [-0.2, 0) is 11.2 Å². The third kappa shape index (κ3) is 3.35. The number of amides is 1. The van der Waals surface area contributed by atoms with Crippen molar-refractivity contribution in [2.24, 2.45) is 0 Å². The molecule has 0 radical (unpaired) electrons. The number of nitrogens with one attached hydrogen (secondary N) is 1. The number of hydrogen-bond donors (Lipinski definition) is 2. The predicted octanol–water partition coefficient (Wildman–Crippen LogP) is 3.19. The Morgan fingerprint density at radius 1 is 1.11 bits per heavy atom. The highest BCUT2D eigenvalue weighted by atomic mass is 16.3. The molecular weight excluding hydrogens is 238 g/mol. The third-order valence-corrected chi connectivity index (χ3v) is 3.06. The molecule has 0 saturated carbocycles. The fraction of sp³-hybridized carbons (Fsp3) is 0.188. The molecule has 0 aromatic heterocycles. The standard InChI is InChI=1S/C16H17NO2/c1-11-6-8-13(9-7-11)10-16(19)17-14-4-3-5-15(18)12(14)2/h3-9,18H,10H2,1-2H3,(H,17,19). The monoisotopic (exact) mass is 255 g/mol. The van der Waals surface area contributed by atoms with E-state index >= 15 is 0 Å². The number of hydrogen-bond acceptors (Lipinski definition) is 2. The lowest BCUT2D eigenvalue weighted by Gasteiger charge is -2.09. The van der Waals surface area contributed by atoms with Gasteiger partial charge in [0.2, 0.25) is 5.91 Å². The Labute approximate surface area is 112 Å². The summed E-state index contributed by atoms with van der Waals surface area (Å²) in [7, 11) is 0. The lowest BCUT2D eigenvalue weighted by Crippen LogP contribution is -2.15. The van der Waals surface area contributed by atoms with Crippen LogP contribution in [0.4, 0.5) is 5.69 Å². The number of phenolic OH excluding ortho intramolecular Hbond substituents is 1. The van der Waals surface area contributed by atoms with Crippen LogP contribution >= 0.6 is 0 Å². The van der Waals surface area contributed by atoms with E-state index in [2.05, 4.69) is 5.32 Å². The summed E-state index contributed by atoms with van der Waals surface area (Å²) in [4.78, 5) is 11.9. The Morgan fingerprint density at radius 2 is 1.79 bits per heavy atom. The Morgan fingerprint density at radius 3 is 2.47 bits per heavy atom. The average molecular weight is 255 g/mol. The van der Waals surface area contributed by atoms with Crippen LogP contribution in [0.1, 0.15) is 16.7 Å². The summed E-state index contributed by atoms with van der Waals surface area (Å²) in [6.07, 6.45) is 0.329. The molecular formula is C16H17NO2. The summed E-state index contributed by atoms with van der Waals surface area (Å²) < 4.78 is 0. The number of rotatable bonds is 3. The Bertz CT molecular complexity index is 588. The van der Waals surface area contributed by atoms with Gasteiger partial charge in [-0.3, -0.25) is 4.79 Å². The van der Waals surface area contributed by atoms with E-state index in [1.807, 2.05) is 31.2 Å². The highest BCUT2D eigenvalue weighted by Gasteiger charge is 2.07. The first-order chi connectivity index (χ1) is 9.06. The maximum absolute atomic E-state index is 11.9. The van der Waals surface area contributed by atoms with E-state index in [0.29, 0.717) is 17.7 Å². The Kier molecular flexibility index (Phi) is 3.85. The summed E-state index contributed by atoms with van der Waals surface area (Å²) in [6, 6.07) is 13.0. The molecule has 19 heavy (non-hydrogen) atoms. The predicted molar refractivity (Wildman–Crippen MR) is 76.4 cm³/mol. The van der Waals surface area contributed by atoms with E-state index in [9.17, 15) is 9.90 Å². The SMILES string of the molecule is Cc1ccc(CC(=O)Nc2cccc(O)c2C)cc1. The van der Waals surface area contributed by atoms with Crippen LogP contribution in [0.25, 0.3) is 0 Å². The van der Waals surface area contributed by atoms with E-state index in [0.717, 1.165) is 5.56 Å². The van der Waals surface area contributed by atoms with Crippen LogP contribution in [0, 0.1) is 13.8 Å². The van der Waals surface area contributed by atoms with Crippen molar-refractivity contribution in [3.63, 3.8) is 0 Å². The van der Waals surface area contributed by atoms with E-state index in [4.69, 9.17) is 0 Å². The molecule has 0 fully saturated rings. The molecule has 1 amide bonds. The molecule has 0 aliphatic heterocycles. The lowest BCUT2D eigenvalue weighted by atomic mass is 10.1. The molecule has 0 saturated heterocycles. The van der Waals surface area contributed by atoms with Gasteiger partial charge in [0.1, 0.15) is 5.75 Å². The van der Waals surface area contributed by atoms with Gasteiger partial charge in [-0.25, -0.2) is 0 Å². The Hall–Kier alpha value is -2.29. The Balaban J connectivity index is 2.05. The van der Waals surface area contributed by atoms with Gasteiger partial charge >= 0.3 is 0 Å². The van der Waals surface area contributed by atoms with Crippen molar-refractivity contribution in [3.8, 4) is 5.75 Å². The second-order valence-corrected chi connectivity index (χ2v) is 4.66. The molecule has 3 heteroatoms. The minimum atomic E-state index is -0.0856. The second kappa shape index (κ2) is 5.57. The van der Waals surface area contributed by atoms with Crippen LogP contribution in [0.5, 0.6) is 5.75 Å². The summed E-state index contributed by atoms with van der Waals surface area (Å²) in [5, 5.41) is 12.4. The zero-order valence-electron chi connectivity index (χ0n) is 11.1. The zero-order chi connectivity index (χ0) is 13.8. The van der Waals surface area contributed by atoms with E-state index < -0.39 is 0 Å². The second-order valence-electron chi connectivity index (χ2n) is 4.66. The van der Waals surface area contributed by atoms with Crippen molar-refractivity contribution in [3.05, 3.63) is 59.2 Å². The molecule has 0 heterocycles. The number of aromatic hydroxyl groups is 1. The summed E-state index contributed by atoms with van der Waals surface area (Å²) in [5.41, 5.74) is 3.48. The van der Waals surface area contributed by atoms with Crippen LogP contribution in [-0.4, -0.2) is 11.0 Å². The topological polar surface area (TPSA) is 49.3 Å². The van der Waals surface area contributed by atoms with E-state index in [-0.39, 0.29) is 11.7 Å². The molecule has 2 rings (SSSR count). The molecule has 2 aromatic carbocycles. The molecule has 0 aliphatic rings. The smallest absolute Gasteiger partial charge is 0.228 e. The molecule has 0 unspecified atom stereocenters. The lowest BCUT2D eigenvalue weighted by molar-refractivity contribution is -0.115. The van der Waals surface area contributed by atoms with Crippen molar-refractivity contribution < 1.29 is 9.90 Å². The van der Waals surface area contributed by atoms with Gasteiger partial charge < -0.3 is 10.4 Å². The quantitative estimate of drug-likeness (QED) is 0.885. The number of carbonyl (C=O) groups is 1. The van der Waals surface area contributed by atoms with Crippen molar-refractivity contribution in [2.45, 2.75) is 20.3 Å². The third-order valence-electron chi connectivity index (χ3n) is 3.06. The average Bonchev–Trinajstić information content (AvgIpc) is 2.38. The van der Waals surface area contributed by atoms with Crippen molar-refractivity contribution in [1.29, 1.82) is 0 Å². The summed E-state index contributed by atoms with van der Waals surface area (Å²) in [6.45, 7) is 3.79. The van der Waals surface area contributed by atoms with E-state index in [1.165, 1.54) is 5.56 Å². The van der Waals surface area contributed by atoms with Gasteiger partial charge in [-0.2, -0.15) is 0 Å². The fourth-order valence-electron chi connectivity index (χ4n) is 1.84. The highest BCUT2D eigenvalue weighted by Crippen LogP contribution is 2.23. The molecule has 0 spiro atoms. The molecule has 0 atom stereocenters. The number of benzene rings is 2. The van der Waals surface area contributed by atoms with Gasteiger partial charge in [-0.15, -0.1) is 0 Å². The summed E-state index contributed by atoms with van der Waals surface area (Å²) in [5.74, 6) is 0.102. The largest absolute Gasteiger partial charge is 0.508 e. The van der Waals surface area contributed by atoms with Crippen molar-refractivity contribution in [2.75, 3.05) is 5.32 Å². The number of anilines is 1. The zero-order valence-corrected chi connectivity index (χ0v) is 11.1. The first-order valence-corrected chi connectivity index (χ1v) is 6.20. The van der Waals surface area contributed by atoms with Gasteiger partial charge in [0.15, 0.2) is 0 Å². The van der Waals surface area contributed by atoms with Gasteiger partial charge in [0.05, 0.1) is 6.42 Å². The number of aryl methyl sites for hydroxylation is 1. The molecule has 3 nitrogen and oxygen atoms in total. The van der Waals surface area contributed by atoms with Crippen LogP contribution < -0.4 is 5.32 Å². The van der Waals surface area contributed by atoms with Crippen molar-refractivity contribution >= 4 is 11.6 Å². The first-order valence-electron chi connectivity index (χ1n) is 6.20. The minimum Gasteiger partial charge on any atom is -0.508 e. The van der Waals surface area contributed by atoms with Gasteiger partial charge in [-0.05, 0) is 31.5 Å². The first kappa shape index (κ1) is 13.1. The van der Waals surface area contributed by atoms with Crippen molar-refractivity contribution in [1.82, 2.24) is 0 Å². The highest BCUT2D eigenvalue weighted by molar-refractivity contribution is 5.93. The maximum atomic E-state index is 11.9. The van der Waals surface area contributed by atoms with Gasteiger partial charge in [0.25, 0.3) is 0 Å². The minimum absolute atomic E-state index is 0.0856. The number of carbonyl (C=O) groups excluding carboxylic acids is 1. The summed E-state index contributed by atoms with van der Waals surface area (Å²) >= 11 is 0. The van der Waals surface area contributed by atoms with E-state index in [1.54, 1.807) is 25.1 Å². The van der Waals surface area contributed by atoms with Gasteiger partial charge in [0, 0.05) is 11.3 Å². The van der Waals surface area contributed by atoms with Crippen LogP contribution in [0.15, 0.2) is 42.5 Å². The molecule has 0 aliphatic carbocycles. The number of phenols is 1. The normalized spacial score (nSPS) is 10.2. The molecule has 0 bridgehead atoms. The molecule has 2 aromatic rings. The maximum Gasteiger partial charge on any atom is 0.228 e. The molecule has 98 valence electrons. The van der Waals surface area contributed by atoms with Crippen LogP contribution in [0.3, 0.4) is 0 Å². The molecule has 2 N–H and O–H groups in total. The fourth-order valence-corrected chi connectivity index (χ4v) is 1.84.